The summed E-state index contributed by atoms with van der Waals surface area (Å²) in [6.07, 6.45) is 1.37. The van der Waals surface area contributed by atoms with Crippen LogP contribution in [-0.2, 0) is 5.41 Å². The van der Waals surface area contributed by atoms with Crippen LogP contribution < -0.4 is 5.32 Å². The molecule has 0 aliphatic heterocycles. The second-order valence-electron chi connectivity index (χ2n) is 6.11. The summed E-state index contributed by atoms with van der Waals surface area (Å²) in [5, 5.41) is 3.68. The Morgan fingerprint density at radius 1 is 1.22 bits per heavy atom. The van der Waals surface area contributed by atoms with Gasteiger partial charge in [-0.1, -0.05) is 37.6 Å². The SMILES string of the molecule is CC(C)(CNC(=O)c1ccc2ocnc2c1)c1ccc(Cl)cc1. The molecule has 1 N–H and O–H groups in total. The van der Waals surface area contributed by atoms with Crippen molar-refractivity contribution >= 4 is 28.6 Å². The Hall–Kier alpha value is -2.33. The van der Waals surface area contributed by atoms with Crippen molar-refractivity contribution in [1.82, 2.24) is 10.3 Å². The number of hydrogen-bond donors (Lipinski definition) is 1. The number of nitrogens with zero attached hydrogens (tertiary/aromatic N) is 1. The second-order valence-corrected chi connectivity index (χ2v) is 6.54. The fraction of sp³-hybridized carbons (Fsp3) is 0.222. The highest BCUT2D eigenvalue weighted by Gasteiger charge is 2.21. The van der Waals surface area contributed by atoms with E-state index in [9.17, 15) is 4.79 Å². The van der Waals surface area contributed by atoms with Crippen molar-refractivity contribution in [2.24, 2.45) is 0 Å². The molecule has 1 amide bonds. The van der Waals surface area contributed by atoms with Crippen LogP contribution in [0.5, 0.6) is 0 Å². The third-order valence-corrected chi connectivity index (χ3v) is 4.16. The molecule has 2 aromatic carbocycles. The Bertz CT molecular complexity index is 838. The van der Waals surface area contributed by atoms with E-state index in [1.165, 1.54) is 6.39 Å². The van der Waals surface area contributed by atoms with Crippen molar-refractivity contribution in [2.75, 3.05) is 6.54 Å². The van der Waals surface area contributed by atoms with Crippen molar-refractivity contribution in [3.8, 4) is 0 Å². The minimum atomic E-state index is -0.196. The largest absolute Gasteiger partial charge is 0.443 e. The lowest BCUT2D eigenvalue weighted by atomic mass is 9.84. The first-order chi connectivity index (χ1) is 11.0. The van der Waals surface area contributed by atoms with Crippen molar-refractivity contribution in [3.05, 3.63) is 65.0 Å². The first kappa shape index (κ1) is 15.6. The molecule has 5 heteroatoms. The van der Waals surface area contributed by atoms with Crippen LogP contribution in [-0.4, -0.2) is 17.4 Å². The van der Waals surface area contributed by atoms with Gasteiger partial charge in [0.05, 0.1) is 0 Å². The summed E-state index contributed by atoms with van der Waals surface area (Å²) in [5.74, 6) is -0.128. The van der Waals surface area contributed by atoms with E-state index in [1.807, 2.05) is 24.3 Å². The molecule has 118 valence electrons. The van der Waals surface area contributed by atoms with E-state index in [2.05, 4.69) is 24.1 Å². The molecule has 0 saturated carbocycles. The number of halogens is 1. The van der Waals surface area contributed by atoms with Crippen molar-refractivity contribution in [3.63, 3.8) is 0 Å². The fourth-order valence-electron chi connectivity index (χ4n) is 2.41. The number of nitrogens with one attached hydrogen (secondary N) is 1. The van der Waals surface area contributed by atoms with Crippen molar-refractivity contribution in [2.45, 2.75) is 19.3 Å². The molecule has 0 spiro atoms. The Balaban J connectivity index is 1.71. The molecule has 0 aliphatic rings. The molecule has 0 bridgehead atoms. The molecule has 23 heavy (non-hydrogen) atoms. The highest BCUT2D eigenvalue weighted by atomic mass is 35.5. The predicted molar refractivity (Wildman–Crippen MR) is 90.8 cm³/mol. The lowest BCUT2D eigenvalue weighted by molar-refractivity contribution is 0.0946. The van der Waals surface area contributed by atoms with Gasteiger partial charge in [0.15, 0.2) is 12.0 Å². The zero-order chi connectivity index (χ0) is 16.4. The van der Waals surface area contributed by atoms with Gasteiger partial charge in [-0.05, 0) is 35.9 Å². The zero-order valence-corrected chi connectivity index (χ0v) is 13.7. The maximum Gasteiger partial charge on any atom is 0.251 e. The second kappa shape index (κ2) is 6.05. The first-order valence-electron chi connectivity index (χ1n) is 7.33. The molecule has 3 aromatic rings. The molecule has 0 aliphatic carbocycles. The van der Waals surface area contributed by atoms with E-state index in [0.29, 0.717) is 28.2 Å². The van der Waals surface area contributed by atoms with Gasteiger partial charge in [-0.15, -0.1) is 0 Å². The number of carbonyl (C=O) groups is 1. The summed E-state index contributed by atoms with van der Waals surface area (Å²) in [6, 6.07) is 12.9. The molecular weight excluding hydrogens is 312 g/mol. The molecule has 0 fully saturated rings. The number of hydrogen-bond acceptors (Lipinski definition) is 3. The molecular formula is C18H17ClN2O2. The molecule has 1 heterocycles. The molecule has 0 radical (unpaired) electrons. The summed E-state index contributed by atoms with van der Waals surface area (Å²) in [4.78, 5) is 16.4. The van der Waals surface area contributed by atoms with Crippen LogP contribution in [0, 0.1) is 0 Å². The third-order valence-electron chi connectivity index (χ3n) is 3.91. The van der Waals surface area contributed by atoms with Crippen LogP contribution in [0.15, 0.2) is 53.3 Å². The van der Waals surface area contributed by atoms with Crippen LogP contribution >= 0.6 is 11.6 Å². The Labute approximate surface area is 139 Å². The van der Waals surface area contributed by atoms with E-state index in [4.69, 9.17) is 16.0 Å². The number of fused-ring (bicyclic) bond motifs is 1. The highest BCUT2D eigenvalue weighted by Crippen LogP contribution is 2.24. The molecule has 0 unspecified atom stereocenters. The average molecular weight is 329 g/mol. The number of benzene rings is 2. The van der Waals surface area contributed by atoms with E-state index >= 15 is 0 Å². The number of aromatic nitrogens is 1. The highest BCUT2D eigenvalue weighted by molar-refractivity contribution is 6.30. The van der Waals surface area contributed by atoms with Gasteiger partial charge in [0.1, 0.15) is 5.52 Å². The molecule has 1 aromatic heterocycles. The third kappa shape index (κ3) is 3.37. The van der Waals surface area contributed by atoms with Crippen LogP contribution in [0.25, 0.3) is 11.1 Å². The van der Waals surface area contributed by atoms with Gasteiger partial charge in [-0.25, -0.2) is 4.98 Å². The van der Waals surface area contributed by atoms with E-state index < -0.39 is 0 Å². The summed E-state index contributed by atoms with van der Waals surface area (Å²) in [6.45, 7) is 4.68. The number of carbonyl (C=O) groups excluding carboxylic acids is 1. The molecule has 0 atom stereocenters. The standard InChI is InChI=1S/C18H17ClN2O2/c1-18(2,13-4-6-14(19)7-5-13)10-20-17(22)12-3-8-16-15(9-12)21-11-23-16/h3-9,11H,10H2,1-2H3,(H,20,22). The number of oxazole rings is 1. The summed E-state index contributed by atoms with van der Waals surface area (Å²) in [5.41, 5.74) is 2.84. The number of amides is 1. The summed E-state index contributed by atoms with van der Waals surface area (Å²) >= 11 is 5.92. The molecule has 3 rings (SSSR count). The van der Waals surface area contributed by atoms with Crippen LogP contribution in [0.4, 0.5) is 0 Å². The fourth-order valence-corrected chi connectivity index (χ4v) is 2.53. The maximum atomic E-state index is 12.4. The van der Waals surface area contributed by atoms with Crippen LogP contribution in [0.3, 0.4) is 0 Å². The van der Waals surface area contributed by atoms with Gasteiger partial charge < -0.3 is 9.73 Å². The van der Waals surface area contributed by atoms with Crippen molar-refractivity contribution in [1.29, 1.82) is 0 Å². The molecule has 4 nitrogen and oxygen atoms in total. The Morgan fingerprint density at radius 3 is 2.70 bits per heavy atom. The van der Waals surface area contributed by atoms with Gasteiger partial charge in [-0.3, -0.25) is 4.79 Å². The van der Waals surface area contributed by atoms with Gasteiger partial charge in [0, 0.05) is 22.5 Å². The van der Waals surface area contributed by atoms with E-state index in [-0.39, 0.29) is 11.3 Å². The van der Waals surface area contributed by atoms with Crippen LogP contribution in [0.2, 0.25) is 5.02 Å². The minimum absolute atomic E-state index is 0.128. The monoisotopic (exact) mass is 328 g/mol. The Morgan fingerprint density at radius 2 is 1.96 bits per heavy atom. The summed E-state index contributed by atoms with van der Waals surface area (Å²) in [7, 11) is 0. The zero-order valence-electron chi connectivity index (χ0n) is 13.0. The lowest BCUT2D eigenvalue weighted by Gasteiger charge is -2.25. The summed E-state index contributed by atoms with van der Waals surface area (Å²) < 4.78 is 5.18. The van der Waals surface area contributed by atoms with Crippen molar-refractivity contribution < 1.29 is 9.21 Å². The van der Waals surface area contributed by atoms with Gasteiger partial charge in [0.25, 0.3) is 5.91 Å². The normalized spacial score (nSPS) is 11.6. The van der Waals surface area contributed by atoms with Gasteiger partial charge >= 0.3 is 0 Å². The molecule has 0 saturated heterocycles. The van der Waals surface area contributed by atoms with Gasteiger partial charge in [0.2, 0.25) is 0 Å². The average Bonchev–Trinajstić information content (AvgIpc) is 3.00. The first-order valence-corrected chi connectivity index (χ1v) is 7.71. The number of rotatable bonds is 4. The predicted octanol–water partition coefficient (Wildman–Crippen LogP) is 4.19. The smallest absolute Gasteiger partial charge is 0.251 e. The quantitative estimate of drug-likeness (QED) is 0.781. The van der Waals surface area contributed by atoms with E-state index in [0.717, 1.165) is 5.56 Å². The van der Waals surface area contributed by atoms with E-state index in [1.54, 1.807) is 18.2 Å². The topological polar surface area (TPSA) is 55.1 Å². The Kier molecular flexibility index (Phi) is 4.09. The van der Waals surface area contributed by atoms with Crippen LogP contribution in [0.1, 0.15) is 29.8 Å². The van der Waals surface area contributed by atoms with Gasteiger partial charge in [-0.2, -0.15) is 0 Å². The lowest BCUT2D eigenvalue weighted by Crippen LogP contribution is -2.36. The maximum absolute atomic E-state index is 12.4. The minimum Gasteiger partial charge on any atom is -0.443 e.